The molecule has 2 aliphatic heterocycles. The number of anilines is 2. The van der Waals surface area contributed by atoms with Crippen molar-refractivity contribution in [1.29, 1.82) is 0 Å². The van der Waals surface area contributed by atoms with E-state index in [-0.39, 0.29) is 29.9 Å². The number of fused-ring (bicyclic) bond motifs is 3. The van der Waals surface area contributed by atoms with Crippen LogP contribution in [0.1, 0.15) is 17.5 Å². The van der Waals surface area contributed by atoms with Gasteiger partial charge in [0.25, 0.3) is 5.91 Å². The predicted molar refractivity (Wildman–Crippen MR) is 162 cm³/mol. The minimum Gasteiger partial charge on any atom is -0.497 e. The van der Waals surface area contributed by atoms with E-state index in [9.17, 15) is 14.4 Å². The molecule has 0 aliphatic carbocycles. The van der Waals surface area contributed by atoms with Crippen molar-refractivity contribution in [2.24, 2.45) is 9.98 Å². The Labute approximate surface area is 242 Å². The van der Waals surface area contributed by atoms with Gasteiger partial charge in [-0.25, -0.2) is 9.89 Å². The Balaban J connectivity index is 1.24. The van der Waals surface area contributed by atoms with Gasteiger partial charge in [0, 0.05) is 37.6 Å². The fourth-order valence-electron chi connectivity index (χ4n) is 4.39. The molecular formula is C30H30N6O4S. The third kappa shape index (κ3) is 6.41. The van der Waals surface area contributed by atoms with Gasteiger partial charge in [-0.05, 0) is 54.1 Å². The zero-order valence-corrected chi connectivity index (χ0v) is 23.8. The molecule has 10 nitrogen and oxygen atoms in total. The maximum absolute atomic E-state index is 13.5. The van der Waals surface area contributed by atoms with Gasteiger partial charge in [0.1, 0.15) is 17.6 Å². The van der Waals surface area contributed by atoms with Gasteiger partial charge in [-0.2, -0.15) is 0 Å². The van der Waals surface area contributed by atoms with Gasteiger partial charge in [-0.15, -0.1) is 0 Å². The standard InChI is InChI=1S/C30H30N6O4S/c1-35(2)21-12-10-20(11-13-21)32-27(38)18-41-30-34-24-7-5-4-6-23(24)28-33-25(29(39)36(28)30)16-26(37)31-17-19-8-14-22(40-3)15-9-19/h4-15,25H,16-18H2,1-3H3,(H,31,37)(H,32,38)/t25-/m1/s1. The summed E-state index contributed by atoms with van der Waals surface area (Å²) in [4.78, 5) is 51.7. The molecule has 2 heterocycles. The molecule has 0 spiro atoms. The summed E-state index contributed by atoms with van der Waals surface area (Å²) in [5.41, 5.74) is 3.97. The highest BCUT2D eigenvalue weighted by molar-refractivity contribution is 8.14. The van der Waals surface area contributed by atoms with E-state index in [0.29, 0.717) is 34.5 Å². The number of nitrogens with zero attached hydrogens (tertiary/aromatic N) is 4. The highest BCUT2D eigenvalue weighted by Gasteiger charge is 2.42. The Morgan fingerprint density at radius 2 is 1.73 bits per heavy atom. The van der Waals surface area contributed by atoms with Gasteiger partial charge < -0.3 is 20.3 Å². The molecule has 2 N–H and O–H groups in total. The van der Waals surface area contributed by atoms with E-state index in [1.165, 1.54) is 4.90 Å². The number of carbonyl (C=O) groups excluding carboxylic acids is 3. The highest BCUT2D eigenvalue weighted by Crippen LogP contribution is 2.34. The molecule has 0 fully saturated rings. The number of hydrogen-bond donors (Lipinski definition) is 2. The SMILES string of the molecule is COc1ccc(CNC(=O)C[C@H]2N=C3c4ccccc4N=C(SCC(=O)Nc4ccc(N(C)C)cc4)N3C2=O)cc1. The van der Waals surface area contributed by atoms with Crippen molar-refractivity contribution in [1.82, 2.24) is 10.2 Å². The van der Waals surface area contributed by atoms with Crippen molar-refractivity contribution in [2.45, 2.75) is 19.0 Å². The zero-order chi connectivity index (χ0) is 28.9. The van der Waals surface area contributed by atoms with Crippen LogP contribution in [0.25, 0.3) is 0 Å². The fourth-order valence-corrected chi connectivity index (χ4v) is 5.19. The molecule has 0 bridgehead atoms. The number of methoxy groups -OCH3 is 1. The second-order valence-corrected chi connectivity index (χ2v) is 10.6. The maximum Gasteiger partial charge on any atom is 0.259 e. The Morgan fingerprint density at radius 3 is 2.44 bits per heavy atom. The van der Waals surface area contributed by atoms with Crippen LogP contribution in [0.2, 0.25) is 0 Å². The van der Waals surface area contributed by atoms with Crippen LogP contribution in [0, 0.1) is 0 Å². The Kier molecular flexibility index (Phi) is 8.34. The van der Waals surface area contributed by atoms with Crippen molar-refractivity contribution in [2.75, 3.05) is 37.2 Å². The van der Waals surface area contributed by atoms with E-state index < -0.39 is 6.04 Å². The van der Waals surface area contributed by atoms with Crippen LogP contribution in [0.5, 0.6) is 5.75 Å². The van der Waals surface area contributed by atoms with E-state index in [1.807, 2.05) is 91.8 Å². The lowest BCUT2D eigenvalue weighted by Gasteiger charge is -2.25. The fraction of sp³-hybridized carbons (Fsp3) is 0.233. The monoisotopic (exact) mass is 570 g/mol. The van der Waals surface area contributed by atoms with Gasteiger partial charge in [-0.3, -0.25) is 19.4 Å². The van der Waals surface area contributed by atoms with E-state index in [4.69, 9.17) is 4.74 Å². The number of benzene rings is 3. The summed E-state index contributed by atoms with van der Waals surface area (Å²) in [5.74, 6) is 0.350. The number of para-hydroxylation sites is 1. The summed E-state index contributed by atoms with van der Waals surface area (Å²) < 4.78 is 5.16. The van der Waals surface area contributed by atoms with Crippen LogP contribution in [0.4, 0.5) is 17.1 Å². The molecule has 3 amide bonds. The summed E-state index contributed by atoms with van der Waals surface area (Å²) in [6.07, 6.45) is -0.0987. The first-order valence-electron chi connectivity index (χ1n) is 13.0. The Hall–Kier alpha value is -4.64. The minimum absolute atomic E-state index is 0.0422. The van der Waals surface area contributed by atoms with E-state index in [2.05, 4.69) is 20.6 Å². The van der Waals surface area contributed by atoms with E-state index in [0.717, 1.165) is 28.8 Å². The minimum atomic E-state index is -0.887. The summed E-state index contributed by atoms with van der Waals surface area (Å²) >= 11 is 1.15. The van der Waals surface area contributed by atoms with Crippen LogP contribution in [0.3, 0.4) is 0 Å². The van der Waals surface area contributed by atoms with Gasteiger partial charge in [0.05, 0.1) is 25.0 Å². The summed E-state index contributed by atoms with van der Waals surface area (Å²) in [5, 5.41) is 6.09. The normalized spacial score (nSPS) is 15.3. The molecule has 210 valence electrons. The molecule has 3 aromatic rings. The number of aliphatic imine (C=N–C) groups is 2. The number of ether oxygens (including phenoxy) is 1. The van der Waals surface area contributed by atoms with E-state index in [1.54, 1.807) is 7.11 Å². The lowest BCUT2D eigenvalue weighted by atomic mass is 10.1. The molecule has 2 aliphatic rings. The van der Waals surface area contributed by atoms with Gasteiger partial charge in [0.2, 0.25) is 11.8 Å². The smallest absolute Gasteiger partial charge is 0.259 e. The number of nitrogens with one attached hydrogen (secondary N) is 2. The lowest BCUT2D eigenvalue weighted by molar-refractivity contribution is -0.128. The summed E-state index contributed by atoms with van der Waals surface area (Å²) in [7, 11) is 5.49. The van der Waals surface area contributed by atoms with Crippen molar-refractivity contribution in [3.63, 3.8) is 0 Å². The molecule has 0 saturated heterocycles. The molecule has 41 heavy (non-hydrogen) atoms. The molecular weight excluding hydrogens is 540 g/mol. The van der Waals surface area contributed by atoms with Crippen molar-refractivity contribution >= 4 is 57.5 Å². The van der Waals surface area contributed by atoms with Crippen molar-refractivity contribution < 1.29 is 19.1 Å². The van der Waals surface area contributed by atoms with Crippen molar-refractivity contribution in [3.05, 3.63) is 83.9 Å². The van der Waals surface area contributed by atoms with Crippen LogP contribution in [0.15, 0.2) is 82.8 Å². The summed E-state index contributed by atoms with van der Waals surface area (Å²) in [6, 6.07) is 21.4. The van der Waals surface area contributed by atoms with Crippen molar-refractivity contribution in [3.8, 4) is 5.75 Å². The molecule has 3 aromatic carbocycles. The van der Waals surface area contributed by atoms with Gasteiger partial charge in [0.15, 0.2) is 5.17 Å². The first-order chi connectivity index (χ1) is 19.8. The topological polar surface area (TPSA) is 116 Å². The van der Waals surface area contributed by atoms with Crippen LogP contribution >= 0.6 is 11.8 Å². The first-order valence-corrected chi connectivity index (χ1v) is 14.0. The molecule has 0 unspecified atom stereocenters. The van der Waals surface area contributed by atoms with E-state index >= 15 is 0 Å². The Bertz CT molecular complexity index is 1520. The van der Waals surface area contributed by atoms with Crippen LogP contribution in [-0.2, 0) is 20.9 Å². The number of amidine groups is 2. The number of amides is 3. The van der Waals surface area contributed by atoms with Crippen LogP contribution in [-0.4, -0.2) is 66.6 Å². The lowest BCUT2D eigenvalue weighted by Crippen LogP contribution is -2.42. The quantitative estimate of drug-likeness (QED) is 0.405. The average molecular weight is 571 g/mol. The third-order valence-corrected chi connectivity index (χ3v) is 7.51. The molecule has 0 aromatic heterocycles. The second-order valence-electron chi connectivity index (χ2n) is 9.66. The van der Waals surface area contributed by atoms with Crippen LogP contribution < -0.4 is 20.3 Å². The number of thioether (sulfide) groups is 1. The highest BCUT2D eigenvalue weighted by atomic mass is 32.2. The second kappa shape index (κ2) is 12.3. The maximum atomic E-state index is 13.5. The molecule has 0 saturated carbocycles. The van der Waals surface area contributed by atoms with Gasteiger partial charge in [-0.1, -0.05) is 36.0 Å². The molecule has 0 radical (unpaired) electrons. The average Bonchev–Trinajstić information content (AvgIpc) is 3.31. The largest absolute Gasteiger partial charge is 0.497 e. The number of carbonyl (C=O) groups is 3. The third-order valence-electron chi connectivity index (χ3n) is 6.58. The first kappa shape index (κ1) is 27.9. The predicted octanol–water partition coefficient (Wildman–Crippen LogP) is 3.80. The Morgan fingerprint density at radius 1 is 1.00 bits per heavy atom. The molecule has 5 rings (SSSR count). The summed E-state index contributed by atoms with van der Waals surface area (Å²) in [6.45, 7) is 0.322. The number of hydrogen-bond acceptors (Lipinski definition) is 8. The molecule has 11 heteroatoms. The molecule has 1 atom stereocenters. The number of rotatable bonds is 9. The zero-order valence-electron chi connectivity index (χ0n) is 23.0. The van der Waals surface area contributed by atoms with Gasteiger partial charge >= 0.3 is 0 Å².